The van der Waals surface area contributed by atoms with Crippen molar-refractivity contribution in [2.24, 2.45) is 5.41 Å². The van der Waals surface area contributed by atoms with Crippen LogP contribution < -0.4 is 10.1 Å². The van der Waals surface area contributed by atoms with Gasteiger partial charge in [0.25, 0.3) is 0 Å². The van der Waals surface area contributed by atoms with Crippen molar-refractivity contribution in [1.29, 1.82) is 0 Å². The molecule has 1 unspecified atom stereocenters. The molecule has 0 saturated heterocycles. The molecule has 0 fully saturated rings. The third-order valence-corrected chi connectivity index (χ3v) is 4.33. The normalized spacial score (nSPS) is 20.1. The van der Waals surface area contributed by atoms with Crippen molar-refractivity contribution in [3.8, 4) is 11.4 Å². The minimum atomic E-state index is 0.275. The highest BCUT2D eigenvalue weighted by Crippen LogP contribution is 2.41. The zero-order valence-corrected chi connectivity index (χ0v) is 13.2. The van der Waals surface area contributed by atoms with E-state index in [1.165, 1.54) is 11.3 Å². The monoisotopic (exact) mass is 285 g/mol. The van der Waals surface area contributed by atoms with Gasteiger partial charge in [0.1, 0.15) is 5.75 Å². The second-order valence-electron chi connectivity index (χ2n) is 6.55. The zero-order chi connectivity index (χ0) is 15.0. The molecule has 1 aliphatic carbocycles. The zero-order valence-electron chi connectivity index (χ0n) is 13.2. The molecule has 0 radical (unpaired) electrons. The second kappa shape index (κ2) is 5.19. The van der Waals surface area contributed by atoms with E-state index in [2.05, 4.69) is 35.0 Å². The number of benzene rings is 1. The topological polar surface area (TPSA) is 39.1 Å². The van der Waals surface area contributed by atoms with Gasteiger partial charge < -0.3 is 10.1 Å². The van der Waals surface area contributed by atoms with E-state index in [0.717, 1.165) is 24.3 Å². The molecule has 2 aromatic rings. The van der Waals surface area contributed by atoms with Crippen LogP contribution in [0.25, 0.3) is 5.69 Å². The highest BCUT2D eigenvalue weighted by molar-refractivity contribution is 5.42. The Bertz CT molecular complexity index is 645. The maximum absolute atomic E-state index is 5.33. The van der Waals surface area contributed by atoms with Crippen LogP contribution in [-0.2, 0) is 6.42 Å². The lowest BCUT2D eigenvalue weighted by Gasteiger charge is -2.35. The highest BCUT2D eigenvalue weighted by atomic mass is 16.5. The number of nitrogens with zero attached hydrogens (tertiary/aromatic N) is 2. The van der Waals surface area contributed by atoms with Crippen molar-refractivity contribution in [1.82, 2.24) is 15.1 Å². The number of rotatable bonds is 3. The summed E-state index contributed by atoms with van der Waals surface area (Å²) < 4.78 is 7.39. The summed E-state index contributed by atoms with van der Waals surface area (Å²) >= 11 is 0. The van der Waals surface area contributed by atoms with Crippen molar-refractivity contribution in [2.45, 2.75) is 32.7 Å². The first-order valence-corrected chi connectivity index (χ1v) is 7.42. The van der Waals surface area contributed by atoms with Crippen LogP contribution in [0.3, 0.4) is 0 Å². The molecule has 0 aliphatic heterocycles. The third-order valence-electron chi connectivity index (χ3n) is 4.33. The average molecular weight is 285 g/mol. The Morgan fingerprint density at radius 3 is 2.90 bits per heavy atom. The van der Waals surface area contributed by atoms with Crippen LogP contribution in [0.2, 0.25) is 0 Å². The SMILES string of the molecule is CNC1CC(C)(C)Cc2c1cnn2-c1cccc(OC)c1. The van der Waals surface area contributed by atoms with Crippen molar-refractivity contribution in [3.05, 3.63) is 41.7 Å². The fraction of sp³-hybridized carbons (Fsp3) is 0.471. The molecule has 0 bridgehead atoms. The van der Waals surface area contributed by atoms with Crippen molar-refractivity contribution in [3.63, 3.8) is 0 Å². The second-order valence-corrected chi connectivity index (χ2v) is 6.55. The predicted octanol–water partition coefficient (Wildman–Crippen LogP) is 3.11. The summed E-state index contributed by atoms with van der Waals surface area (Å²) in [6.45, 7) is 4.65. The molecule has 4 heteroatoms. The highest BCUT2D eigenvalue weighted by Gasteiger charge is 2.34. The van der Waals surface area contributed by atoms with Crippen LogP contribution >= 0.6 is 0 Å². The van der Waals surface area contributed by atoms with E-state index in [-0.39, 0.29) is 5.41 Å². The van der Waals surface area contributed by atoms with Gasteiger partial charge in [-0.3, -0.25) is 0 Å². The van der Waals surface area contributed by atoms with E-state index < -0.39 is 0 Å². The fourth-order valence-corrected chi connectivity index (χ4v) is 3.26. The molecule has 0 saturated carbocycles. The molecule has 4 nitrogen and oxygen atoms in total. The van der Waals surface area contributed by atoms with E-state index in [1.54, 1.807) is 7.11 Å². The molecule has 3 rings (SSSR count). The van der Waals surface area contributed by atoms with Gasteiger partial charge in [-0.2, -0.15) is 5.10 Å². The van der Waals surface area contributed by atoms with Gasteiger partial charge in [0, 0.05) is 23.4 Å². The van der Waals surface area contributed by atoms with Crippen LogP contribution in [0.15, 0.2) is 30.5 Å². The molecular formula is C17H23N3O. The molecule has 112 valence electrons. The first-order valence-electron chi connectivity index (χ1n) is 7.42. The van der Waals surface area contributed by atoms with E-state index >= 15 is 0 Å². The summed E-state index contributed by atoms with van der Waals surface area (Å²) in [5, 5.41) is 8.05. The lowest BCUT2D eigenvalue weighted by atomic mass is 9.74. The number of hydrogen-bond donors (Lipinski definition) is 1. The maximum Gasteiger partial charge on any atom is 0.121 e. The van der Waals surface area contributed by atoms with Gasteiger partial charge in [-0.1, -0.05) is 19.9 Å². The largest absolute Gasteiger partial charge is 0.497 e. The number of methoxy groups -OCH3 is 1. The standard InChI is InChI=1S/C17H23N3O/c1-17(2)9-15(18-3)14-11-19-20(16(14)10-17)12-6-5-7-13(8-12)21-4/h5-8,11,15,18H,9-10H2,1-4H3. The number of aromatic nitrogens is 2. The number of ether oxygens (including phenoxy) is 1. The Labute approximate surface area is 126 Å². The van der Waals surface area contributed by atoms with Crippen LogP contribution in [-0.4, -0.2) is 23.9 Å². The molecule has 21 heavy (non-hydrogen) atoms. The molecular weight excluding hydrogens is 262 g/mol. The first-order chi connectivity index (χ1) is 10.0. The molecule has 1 aromatic heterocycles. The van der Waals surface area contributed by atoms with Crippen LogP contribution in [0.4, 0.5) is 0 Å². The summed E-state index contributed by atoms with van der Waals surface area (Å²) in [4.78, 5) is 0. The van der Waals surface area contributed by atoms with E-state index in [1.807, 2.05) is 31.4 Å². The van der Waals surface area contributed by atoms with E-state index in [4.69, 9.17) is 4.74 Å². The first kappa shape index (κ1) is 14.1. The van der Waals surface area contributed by atoms with Crippen LogP contribution in [0.1, 0.15) is 37.6 Å². The Balaban J connectivity index is 2.08. The van der Waals surface area contributed by atoms with Crippen molar-refractivity contribution < 1.29 is 4.74 Å². The van der Waals surface area contributed by atoms with Gasteiger partial charge in [-0.05, 0) is 37.4 Å². The quantitative estimate of drug-likeness (QED) is 0.942. The predicted molar refractivity (Wildman–Crippen MR) is 84.0 cm³/mol. The van der Waals surface area contributed by atoms with Gasteiger partial charge in [0.2, 0.25) is 0 Å². The van der Waals surface area contributed by atoms with Gasteiger partial charge in [0.15, 0.2) is 0 Å². The Kier molecular flexibility index (Phi) is 3.49. The van der Waals surface area contributed by atoms with Crippen LogP contribution in [0, 0.1) is 5.41 Å². The summed E-state index contributed by atoms with van der Waals surface area (Å²) in [6.07, 6.45) is 4.18. The number of hydrogen-bond acceptors (Lipinski definition) is 3. The lowest BCUT2D eigenvalue weighted by molar-refractivity contribution is 0.260. The van der Waals surface area contributed by atoms with Crippen molar-refractivity contribution in [2.75, 3.05) is 14.2 Å². The average Bonchev–Trinajstić information content (AvgIpc) is 2.88. The summed E-state index contributed by atoms with van der Waals surface area (Å²) in [6, 6.07) is 8.45. The Morgan fingerprint density at radius 2 is 2.19 bits per heavy atom. The minimum Gasteiger partial charge on any atom is -0.497 e. The Morgan fingerprint density at radius 1 is 1.38 bits per heavy atom. The van der Waals surface area contributed by atoms with E-state index in [9.17, 15) is 0 Å². The smallest absolute Gasteiger partial charge is 0.121 e. The molecule has 1 atom stereocenters. The molecule has 1 heterocycles. The van der Waals surface area contributed by atoms with Gasteiger partial charge in [-0.25, -0.2) is 4.68 Å². The molecule has 1 aromatic carbocycles. The van der Waals surface area contributed by atoms with Crippen molar-refractivity contribution >= 4 is 0 Å². The summed E-state index contributed by atoms with van der Waals surface area (Å²) in [7, 11) is 3.72. The fourth-order valence-electron chi connectivity index (χ4n) is 3.26. The third kappa shape index (κ3) is 2.56. The van der Waals surface area contributed by atoms with Gasteiger partial charge >= 0.3 is 0 Å². The van der Waals surface area contributed by atoms with Gasteiger partial charge in [-0.15, -0.1) is 0 Å². The number of fused-ring (bicyclic) bond motifs is 1. The molecule has 1 aliphatic rings. The summed E-state index contributed by atoms with van der Waals surface area (Å²) in [5.41, 5.74) is 3.96. The summed E-state index contributed by atoms with van der Waals surface area (Å²) in [5.74, 6) is 0.858. The Hall–Kier alpha value is -1.81. The molecule has 0 spiro atoms. The molecule has 0 amide bonds. The van der Waals surface area contributed by atoms with E-state index in [0.29, 0.717) is 6.04 Å². The maximum atomic E-state index is 5.33. The minimum absolute atomic E-state index is 0.275. The lowest BCUT2D eigenvalue weighted by Crippen LogP contribution is -2.32. The molecule has 1 N–H and O–H groups in total. The number of nitrogens with one attached hydrogen (secondary N) is 1. The van der Waals surface area contributed by atoms with Crippen LogP contribution in [0.5, 0.6) is 5.75 Å². The van der Waals surface area contributed by atoms with Gasteiger partial charge in [0.05, 0.1) is 19.0 Å².